The number of nitrogens with zero attached hydrogens (tertiary/aromatic N) is 2. The highest BCUT2D eigenvalue weighted by atomic mass is 19.1. The molecule has 0 spiro atoms. The van der Waals surface area contributed by atoms with Crippen LogP contribution in [-0.2, 0) is 17.9 Å². The van der Waals surface area contributed by atoms with Crippen molar-refractivity contribution in [3.63, 3.8) is 0 Å². The Morgan fingerprint density at radius 1 is 1.00 bits per heavy atom. The van der Waals surface area contributed by atoms with Crippen LogP contribution in [0.5, 0.6) is 5.75 Å². The number of anilines is 1. The summed E-state index contributed by atoms with van der Waals surface area (Å²) >= 11 is 0. The molecular formula is C33H31FN4O3. The van der Waals surface area contributed by atoms with Crippen molar-refractivity contribution in [2.45, 2.75) is 38.1 Å². The average molecular weight is 551 g/mol. The number of carbonyl (C=O) groups excluding carboxylic acids is 1. The molecule has 1 aliphatic rings. The Morgan fingerprint density at radius 2 is 1.85 bits per heavy atom. The lowest BCUT2D eigenvalue weighted by Crippen LogP contribution is -2.30. The van der Waals surface area contributed by atoms with Crippen LogP contribution < -0.4 is 15.4 Å². The Morgan fingerprint density at radius 3 is 2.71 bits per heavy atom. The number of aromatic nitrogens is 2. The van der Waals surface area contributed by atoms with Crippen LogP contribution in [0, 0.1) is 5.82 Å². The highest BCUT2D eigenvalue weighted by Crippen LogP contribution is 2.36. The van der Waals surface area contributed by atoms with Gasteiger partial charge >= 0.3 is 0 Å². The molecule has 5 aromatic rings. The smallest absolute Gasteiger partial charge is 0.238 e. The molecule has 208 valence electrons. The Bertz CT molecular complexity index is 1670. The summed E-state index contributed by atoms with van der Waals surface area (Å²) < 4.78 is 21.9. The van der Waals surface area contributed by atoms with Gasteiger partial charge in [0.05, 0.1) is 18.3 Å². The molecule has 0 radical (unpaired) electrons. The zero-order valence-electron chi connectivity index (χ0n) is 22.5. The number of amides is 1. The number of imidazole rings is 1. The molecule has 1 amide bonds. The third-order valence-electron chi connectivity index (χ3n) is 7.43. The highest BCUT2D eigenvalue weighted by molar-refractivity contribution is 6.03. The summed E-state index contributed by atoms with van der Waals surface area (Å²) in [6.45, 7) is 0.903. The average Bonchev–Trinajstić information content (AvgIpc) is 3.42. The van der Waals surface area contributed by atoms with E-state index < -0.39 is 6.10 Å². The monoisotopic (exact) mass is 550 g/mol. The summed E-state index contributed by atoms with van der Waals surface area (Å²) in [5, 5.41) is 18.6. The second kappa shape index (κ2) is 11.9. The molecule has 4 aromatic carbocycles. The van der Waals surface area contributed by atoms with Gasteiger partial charge < -0.3 is 25.0 Å². The minimum Gasteiger partial charge on any atom is -0.489 e. The molecule has 7 nitrogen and oxygen atoms in total. The molecule has 41 heavy (non-hydrogen) atoms. The fourth-order valence-corrected chi connectivity index (χ4v) is 5.44. The second-order valence-electron chi connectivity index (χ2n) is 10.3. The maximum Gasteiger partial charge on any atom is 0.238 e. The highest BCUT2D eigenvalue weighted by Gasteiger charge is 2.30. The van der Waals surface area contributed by atoms with Gasteiger partial charge in [-0.15, -0.1) is 0 Å². The van der Waals surface area contributed by atoms with Crippen molar-refractivity contribution in [2.24, 2.45) is 0 Å². The minimum atomic E-state index is -0.676. The standard InChI is InChI=1S/C33H31FN4O3/c34-25-10-4-9-24(16-25)30-14-15-31(39)33-36-19-26(38(30)33)18-35-20-32(40)37-29-11-5-8-23-12-13-27(17-28(23)29)41-21-22-6-2-1-3-7-22/h1-13,16-17,19,30-31,35,39H,14-15,18,20-21H2,(H,37,40). The fraction of sp³-hybridized carbons (Fsp3) is 0.212. The quantitative estimate of drug-likeness (QED) is 0.213. The number of hydrogen-bond acceptors (Lipinski definition) is 5. The number of carbonyl (C=O) groups is 1. The van der Waals surface area contributed by atoms with Gasteiger partial charge in [0.2, 0.25) is 5.91 Å². The number of aliphatic hydroxyl groups is 1. The van der Waals surface area contributed by atoms with Crippen LogP contribution in [0.3, 0.4) is 0 Å². The van der Waals surface area contributed by atoms with Crippen molar-refractivity contribution in [3.8, 4) is 5.75 Å². The van der Waals surface area contributed by atoms with Gasteiger partial charge in [-0.1, -0.05) is 60.7 Å². The lowest BCUT2D eigenvalue weighted by Gasteiger charge is -2.30. The van der Waals surface area contributed by atoms with Crippen molar-refractivity contribution in [3.05, 3.63) is 126 Å². The largest absolute Gasteiger partial charge is 0.489 e. The fourth-order valence-electron chi connectivity index (χ4n) is 5.44. The molecule has 2 atom stereocenters. The molecule has 8 heteroatoms. The number of ether oxygens (including phenoxy) is 1. The first-order valence-corrected chi connectivity index (χ1v) is 13.7. The first-order valence-electron chi connectivity index (χ1n) is 13.7. The predicted molar refractivity (Wildman–Crippen MR) is 156 cm³/mol. The van der Waals surface area contributed by atoms with Gasteiger partial charge in [0, 0.05) is 23.8 Å². The summed E-state index contributed by atoms with van der Waals surface area (Å²) in [7, 11) is 0. The van der Waals surface area contributed by atoms with E-state index in [1.165, 1.54) is 12.1 Å². The lowest BCUT2D eigenvalue weighted by atomic mass is 9.95. The maximum absolute atomic E-state index is 14.0. The van der Waals surface area contributed by atoms with E-state index in [-0.39, 0.29) is 24.3 Å². The first kappa shape index (κ1) is 26.7. The van der Waals surface area contributed by atoms with E-state index in [0.717, 1.165) is 33.3 Å². The molecule has 0 fully saturated rings. The molecule has 2 heterocycles. The Labute approximate surface area is 237 Å². The van der Waals surface area contributed by atoms with E-state index in [4.69, 9.17) is 4.74 Å². The molecule has 0 aliphatic carbocycles. The number of hydrogen-bond donors (Lipinski definition) is 3. The molecule has 1 aliphatic heterocycles. The number of aliphatic hydroxyl groups excluding tert-OH is 1. The van der Waals surface area contributed by atoms with E-state index >= 15 is 0 Å². The molecule has 2 unspecified atom stereocenters. The van der Waals surface area contributed by atoms with Crippen LogP contribution in [0.15, 0.2) is 97.2 Å². The predicted octanol–water partition coefficient (Wildman–Crippen LogP) is 5.90. The van der Waals surface area contributed by atoms with Crippen molar-refractivity contribution in [2.75, 3.05) is 11.9 Å². The van der Waals surface area contributed by atoms with Gasteiger partial charge in [-0.05, 0) is 59.7 Å². The van der Waals surface area contributed by atoms with Crippen LogP contribution >= 0.6 is 0 Å². The van der Waals surface area contributed by atoms with Crippen molar-refractivity contribution in [1.29, 1.82) is 0 Å². The molecule has 0 bridgehead atoms. The van der Waals surface area contributed by atoms with Crippen LogP contribution in [0.1, 0.15) is 47.6 Å². The van der Waals surface area contributed by atoms with Crippen molar-refractivity contribution < 1.29 is 19.0 Å². The minimum absolute atomic E-state index is 0.0777. The summed E-state index contributed by atoms with van der Waals surface area (Å²) in [5.74, 6) is 0.803. The molecule has 1 aromatic heterocycles. The summed E-state index contributed by atoms with van der Waals surface area (Å²) in [6, 6.07) is 28.0. The van der Waals surface area contributed by atoms with Crippen LogP contribution in [0.25, 0.3) is 10.8 Å². The Balaban J connectivity index is 1.12. The third-order valence-corrected chi connectivity index (χ3v) is 7.43. The van der Waals surface area contributed by atoms with Gasteiger partial charge in [-0.3, -0.25) is 4.79 Å². The number of rotatable bonds is 9. The molecule has 0 saturated heterocycles. The van der Waals surface area contributed by atoms with Gasteiger partial charge in [0.25, 0.3) is 0 Å². The van der Waals surface area contributed by atoms with Gasteiger partial charge in [-0.2, -0.15) is 0 Å². The van der Waals surface area contributed by atoms with Crippen LogP contribution in [0.4, 0.5) is 10.1 Å². The third kappa shape index (κ3) is 5.99. The van der Waals surface area contributed by atoms with Gasteiger partial charge in [-0.25, -0.2) is 9.37 Å². The van der Waals surface area contributed by atoms with E-state index in [9.17, 15) is 14.3 Å². The zero-order valence-corrected chi connectivity index (χ0v) is 22.5. The first-order chi connectivity index (χ1) is 20.0. The summed E-state index contributed by atoms with van der Waals surface area (Å²) in [6.07, 6.45) is 2.25. The van der Waals surface area contributed by atoms with Gasteiger partial charge in [0.1, 0.15) is 30.1 Å². The van der Waals surface area contributed by atoms with E-state index in [0.29, 0.717) is 37.5 Å². The zero-order chi connectivity index (χ0) is 28.2. The Hall–Kier alpha value is -4.53. The normalized spacial score (nSPS) is 16.3. The summed E-state index contributed by atoms with van der Waals surface area (Å²) in [4.78, 5) is 17.4. The SMILES string of the molecule is O=C(CNCc1cnc2n1C(c1cccc(F)c1)CCC2O)Nc1cccc2ccc(OCc3ccccc3)cc12. The number of benzene rings is 4. The lowest BCUT2D eigenvalue weighted by molar-refractivity contribution is -0.115. The van der Waals surface area contributed by atoms with E-state index in [1.54, 1.807) is 12.3 Å². The van der Waals surface area contributed by atoms with Crippen molar-refractivity contribution in [1.82, 2.24) is 14.9 Å². The Kier molecular flexibility index (Phi) is 7.75. The topological polar surface area (TPSA) is 88.4 Å². The van der Waals surface area contributed by atoms with E-state index in [1.807, 2.05) is 77.4 Å². The molecular weight excluding hydrogens is 519 g/mol. The van der Waals surface area contributed by atoms with E-state index in [2.05, 4.69) is 15.6 Å². The molecule has 6 rings (SSSR count). The number of nitrogens with one attached hydrogen (secondary N) is 2. The second-order valence-corrected chi connectivity index (χ2v) is 10.3. The summed E-state index contributed by atoms with van der Waals surface area (Å²) in [5.41, 5.74) is 3.44. The number of halogens is 1. The molecule has 3 N–H and O–H groups in total. The van der Waals surface area contributed by atoms with Crippen LogP contribution in [0.2, 0.25) is 0 Å². The molecule has 0 saturated carbocycles. The van der Waals surface area contributed by atoms with Crippen LogP contribution in [-0.4, -0.2) is 27.1 Å². The van der Waals surface area contributed by atoms with Crippen molar-refractivity contribution >= 4 is 22.4 Å². The maximum atomic E-state index is 14.0. The number of fused-ring (bicyclic) bond motifs is 2. The van der Waals surface area contributed by atoms with Gasteiger partial charge in [0.15, 0.2) is 0 Å².